The van der Waals surface area contributed by atoms with Gasteiger partial charge in [-0.2, -0.15) is 5.10 Å². The normalized spacial score (nSPS) is 14.7. The number of anilines is 3. The number of benzene rings is 1. The van der Waals surface area contributed by atoms with E-state index in [4.69, 9.17) is 10.2 Å². The van der Waals surface area contributed by atoms with Gasteiger partial charge in [0.1, 0.15) is 12.1 Å². The number of carbonyl (C=O) groups excluding carboxylic acids is 1. The average molecular weight is 447 g/mol. The summed E-state index contributed by atoms with van der Waals surface area (Å²) in [5, 5.41) is 17.7. The van der Waals surface area contributed by atoms with Gasteiger partial charge in [0.05, 0.1) is 23.1 Å². The number of piperidine rings is 1. The highest BCUT2D eigenvalue weighted by atomic mass is 16.3. The largest absolute Gasteiger partial charge is 0.444 e. The third kappa shape index (κ3) is 4.12. The van der Waals surface area contributed by atoms with E-state index in [1.54, 1.807) is 24.5 Å². The Morgan fingerprint density at radius 1 is 1.30 bits per heavy atom. The summed E-state index contributed by atoms with van der Waals surface area (Å²) < 4.78 is 7.32. The molecule has 33 heavy (non-hydrogen) atoms. The van der Waals surface area contributed by atoms with E-state index in [0.29, 0.717) is 28.9 Å². The number of nitrogen functional groups attached to an aromatic ring is 1. The predicted octanol–water partition coefficient (Wildman–Crippen LogP) is 2.67. The van der Waals surface area contributed by atoms with Crippen molar-refractivity contribution in [3.8, 4) is 11.5 Å². The van der Waals surface area contributed by atoms with Gasteiger partial charge in [-0.05, 0) is 43.0 Å². The highest BCUT2D eigenvalue weighted by Gasteiger charge is 2.23. The Labute approximate surface area is 190 Å². The summed E-state index contributed by atoms with van der Waals surface area (Å²) >= 11 is 0. The van der Waals surface area contributed by atoms with Crippen LogP contribution in [-0.4, -0.2) is 50.5 Å². The number of amides is 1. The second kappa shape index (κ2) is 8.55. The first-order valence-electron chi connectivity index (χ1n) is 10.8. The van der Waals surface area contributed by atoms with E-state index >= 15 is 0 Å². The van der Waals surface area contributed by atoms with Crippen molar-refractivity contribution < 1.29 is 14.3 Å². The number of carbonyl (C=O) groups is 1. The maximum Gasteiger partial charge on any atom is 0.277 e. The molecule has 10 nitrogen and oxygen atoms in total. The molecule has 1 amide bonds. The smallest absolute Gasteiger partial charge is 0.277 e. The van der Waals surface area contributed by atoms with E-state index in [1.807, 2.05) is 23.9 Å². The van der Waals surface area contributed by atoms with Crippen molar-refractivity contribution >= 4 is 34.0 Å². The number of hydrogen-bond donors (Lipinski definition) is 3. The second-order valence-corrected chi connectivity index (χ2v) is 8.27. The number of nitrogens with zero attached hydrogens (tertiary/aromatic N) is 5. The number of rotatable bonds is 5. The lowest BCUT2D eigenvalue weighted by atomic mass is 9.97. The quantitative estimate of drug-likeness (QED) is 0.425. The number of aliphatic hydroxyl groups is 1. The van der Waals surface area contributed by atoms with E-state index in [-0.39, 0.29) is 18.2 Å². The molecular formula is C23H25N7O3. The van der Waals surface area contributed by atoms with Crippen LogP contribution in [0, 0.1) is 5.92 Å². The van der Waals surface area contributed by atoms with Crippen LogP contribution in [0.1, 0.15) is 23.3 Å². The van der Waals surface area contributed by atoms with Crippen LogP contribution in [0.15, 0.2) is 47.3 Å². The van der Waals surface area contributed by atoms with Crippen LogP contribution in [0.2, 0.25) is 0 Å². The lowest BCUT2D eigenvalue weighted by molar-refractivity contribution is 0.102. The van der Waals surface area contributed by atoms with E-state index in [0.717, 1.165) is 42.5 Å². The number of oxazole rings is 1. The molecule has 4 heterocycles. The monoisotopic (exact) mass is 447 g/mol. The zero-order chi connectivity index (χ0) is 22.9. The molecule has 10 heteroatoms. The number of fused-ring (bicyclic) bond motifs is 1. The standard InChI is InChI=1S/C23H25N7O3/c1-29-19-10-20(30-6-3-14(12-31)4-7-30)17(8-16(19)11-26-29)27-22(32)18-13-33-23(28-18)15-2-5-25-21(24)9-15/h2,5,8-11,13-14,31H,3-4,6-7,12H2,1H3,(H2,24,25)(H,27,32). The van der Waals surface area contributed by atoms with Crippen molar-refractivity contribution in [2.24, 2.45) is 13.0 Å². The van der Waals surface area contributed by atoms with Gasteiger partial charge < -0.3 is 25.5 Å². The minimum absolute atomic E-state index is 0.164. The number of hydrogen-bond acceptors (Lipinski definition) is 8. The zero-order valence-electron chi connectivity index (χ0n) is 18.2. The molecule has 0 bridgehead atoms. The van der Waals surface area contributed by atoms with Gasteiger partial charge in [-0.25, -0.2) is 9.97 Å². The van der Waals surface area contributed by atoms with Crippen LogP contribution in [0.5, 0.6) is 0 Å². The summed E-state index contributed by atoms with van der Waals surface area (Å²) in [6.07, 6.45) is 6.46. The summed E-state index contributed by atoms with van der Waals surface area (Å²) in [5.41, 5.74) is 9.12. The summed E-state index contributed by atoms with van der Waals surface area (Å²) in [4.78, 5) is 23.6. The number of aryl methyl sites for hydroxylation is 1. The van der Waals surface area contributed by atoms with Crippen LogP contribution in [-0.2, 0) is 7.05 Å². The van der Waals surface area contributed by atoms with Gasteiger partial charge >= 0.3 is 0 Å². The molecule has 1 fully saturated rings. The fraction of sp³-hybridized carbons (Fsp3) is 0.304. The van der Waals surface area contributed by atoms with Gasteiger partial charge in [0, 0.05) is 43.9 Å². The summed E-state index contributed by atoms with van der Waals surface area (Å²) in [5.74, 6) is 0.580. The lowest BCUT2D eigenvalue weighted by Crippen LogP contribution is -2.35. The fourth-order valence-corrected chi connectivity index (χ4v) is 4.19. The van der Waals surface area contributed by atoms with Crippen molar-refractivity contribution in [2.75, 3.05) is 35.6 Å². The fourth-order valence-electron chi connectivity index (χ4n) is 4.19. The van der Waals surface area contributed by atoms with Gasteiger partial charge in [-0.3, -0.25) is 9.48 Å². The van der Waals surface area contributed by atoms with Gasteiger partial charge in [0.15, 0.2) is 5.69 Å². The highest BCUT2D eigenvalue weighted by molar-refractivity contribution is 6.06. The number of pyridine rings is 1. The lowest BCUT2D eigenvalue weighted by Gasteiger charge is -2.34. The van der Waals surface area contributed by atoms with Gasteiger partial charge in [-0.1, -0.05) is 0 Å². The SMILES string of the molecule is Cn1ncc2cc(NC(=O)c3coc(-c4ccnc(N)c4)n3)c(N3CCC(CO)CC3)cc21. The van der Waals surface area contributed by atoms with Gasteiger partial charge in [-0.15, -0.1) is 0 Å². The summed E-state index contributed by atoms with van der Waals surface area (Å²) in [6, 6.07) is 7.33. The molecule has 1 aromatic carbocycles. The number of nitrogens with two attached hydrogens (primary N) is 1. The summed E-state index contributed by atoms with van der Waals surface area (Å²) in [6.45, 7) is 1.81. The Morgan fingerprint density at radius 3 is 2.88 bits per heavy atom. The predicted molar refractivity (Wildman–Crippen MR) is 125 cm³/mol. The van der Waals surface area contributed by atoms with Crippen LogP contribution >= 0.6 is 0 Å². The van der Waals surface area contributed by atoms with Crippen molar-refractivity contribution in [3.05, 3.63) is 48.6 Å². The van der Waals surface area contributed by atoms with Crippen molar-refractivity contribution in [1.82, 2.24) is 19.7 Å². The minimum atomic E-state index is -0.373. The first-order valence-corrected chi connectivity index (χ1v) is 10.8. The third-order valence-corrected chi connectivity index (χ3v) is 6.09. The van der Waals surface area contributed by atoms with E-state index in [1.165, 1.54) is 6.26 Å². The van der Waals surface area contributed by atoms with E-state index < -0.39 is 0 Å². The Balaban J connectivity index is 1.44. The zero-order valence-corrected chi connectivity index (χ0v) is 18.2. The first kappa shape index (κ1) is 21.0. The highest BCUT2D eigenvalue weighted by Crippen LogP contribution is 2.34. The van der Waals surface area contributed by atoms with Gasteiger partial charge in [0.2, 0.25) is 5.89 Å². The molecule has 0 radical (unpaired) electrons. The molecule has 3 aromatic heterocycles. The molecule has 4 aromatic rings. The minimum Gasteiger partial charge on any atom is -0.444 e. The number of aliphatic hydroxyl groups excluding tert-OH is 1. The first-order chi connectivity index (χ1) is 16.0. The van der Waals surface area contributed by atoms with Crippen molar-refractivity contribution in [2.45, 2.75) is 12.8 Å². The second-order valence-electron chi connectivity index (χ2n) is 8.27. The number of nitrogens with one attached hydrogen (secondary N) is 1. The van der Waals surface area contributed by atoms with Crippen molar-refractivity contribution in [1.29, 1.82) is 0 Å². The molecule has 1 saturated heterocycles. The maximum atomic E-state index is 13.1. The Kier molecular flexibility index (Phi) is 5.43. The molecule has 4 N–H and O–H groups in total. The van der Waals surface area contributed by atoms with Gasteiger partial charge in [0.25, 0.3) is 5.91 Å². The molecule has 170 valence electrons. The van der Waals surface area contributed by atoms with Crippen LogP contribution in [0.3, 0.4) is 0 Å². The Morgan fingerprint density at radius 2 is 2.12 bits per heavy atom. The molecule has 1 aliphatic heterocycles. The molecule has 0 unspecified atom stereocenters. The van der Waals surface area contributed by atoms with Crippen LogP contribution in [0.25, 0.3) is 22.4 Å². The summed E-state index contributed by atoms with van der Waals surface area (Å²) in [7, 11) is 1.89. The third-order valence-electron chi connectivity index (χ3n) is 6.09. The molecule has 5 rings (SSSR count). The van der Waals surface area contributed by atoms with Crippen LogP contribution in [0.4, 0.5) is 17.2 Å². The molecule has 0 atom stereocenters. The van der Waals surface area contributed by atoms with Crippen LogP contribution < -0.4 is 16.0 Å². The molecular weight excluding hydrogens is 422 g/mol. The molecule has 1 aliphatic rings. The maximum absolute atomic E-state index is 13.1. The topological polar surface area (TPSA) is 135 Å². The van der Waals surface area contributed by atoms with Crippen molar-refractivity contribution in [3.63, 3.8) is 0 Å². The van der Waals surface area contributed by atoms with E-state index in [2.05, 4.69) is 25.3 Å². The number of aromatic nitrogens is 4. The Bertz CT molecular complexity index is 1300. The Hall–Kier alpha value is -3.92. The van der Waals surface area contributed by atoms with E-state index in [9.17, 15) is 9.90 Å². The molecule has 0 spiro atoms. The average Bonchev–Trinajstić information content (AvgIpc) is 3.46. The molecule has 0 saturated carbocycles. The molecule has 0 aliphatic carbocycles.